The maximum atomic E-state index is 8.46. The Balaban J connectivity index is 2.40. The molecule has 0 saturated carbocycles. The Morgan fingerprint density at radius 2 is 2.23 bits per heavy atom. The fourth-order valence-electron chi connectivity index (χ4n) is 0.764. The summed E-state index contributed by atoms with van der Waals surface area (Å²) in [6.45, 7) is 0. The van der Waals surface area contributed by atoms with Crippen molar-refractivity contribution in [3.63, 3.8) is 0 Å². The third kappa shape index (κ3) is 1.32. The van der Waals surface area contributed by atoms with Crippen LogP contribution < -0.4 is 0 Å². The molecular formula is C6H3N7. The van der Waals surface area contributed by atoms with Gasteiger partial charge in [-0.3, -0.25) is 0 Å². The first-order chi connectivity index (χ1) is 6.40. The normalized spacial score (nSPS) is 9.46. The van der Waals surface area contributed by atoms with Gasteiger partial charge in [0.1, 0.15) is 6.07 Å². The molecule has 7 nitrogen and oxygen atoms in total. The lowest BCUT2D eigenvalue weighted by Crippen LogP contribution is -2.03. The summed E-state index contributed by atoms with van der Waals surface area (Å²) in [4.78, 5) is 1.22. The molecule has 0 aliphatic carbocycles. The van der Waals surface area contributed by atoms with Gasteiger partial charge in [0.25, 0.3) is 0 Å². The van der Waals surface area contributed by atoms with Gasteiger partial charge in [0.05, 0.1) is 0 Å². The van der Waals surface area contributed by atoms with E-state index in [1.165, 1.54) is 17.2 Å². The fraction of sp³-hybridized carbons (Fsp3) is 0. The highest BCUT2D eigenvalue weighted by Gasteiger charge is 2.00. The van der Waals surface area contributed by atoms with Crippen LogP contribution >= 0.6 is 0 Å². The van der Waals surface area contributed by atoms with Gasteiger partial charge in [0.2, 0.25) is 0 Å². The summed E-state index contributed by atoms with van der Waals surface area (Å²) in [7, 11) is 0. The summed E-state index contributed by atoms with van der Waals surface area (Å²) < 4.78 is 0. The zero-order valence-electron chi connectivity index (χ0n) is 6.36. The summed E-state index contributed by atoms with van der Waals surface area (Å²) >= 11 is 0. The van der Waals surface area contributed by atoms with Crippen LogP contribution in [0, 0.1) is 11.3 Å². The van der Waals surface area contributed by atoms with Gasteiger partial charge in [0, 0.05) is 0 Å². The van der Waals surface area contributed by atoms with Gasteiger partial charge >= 0.3 is 0 Å². The highest BCUT2D eigenvalue weighted by Crippen LogP contribution is 1.97. The van der Waals surface area contributed by atoms with Gasteiger partial charge in [-0.2, -0.15) is 5.26 Å². The number of rotatable bonds is 1. The molecule has 2 aromatic rings. The molecule has 0 spiro atoms. The molecule has 0 aliphatic heterocycles. The van der Waals surface area contributed by atoms with Crippen molar-refractivity contribution in [2.75, 3.05) is 0 Å². The third-order valence-corrected chi connectivity index (χ3v) is 1.32. The van der Waals surface area contributed by atoms with Gasteiger partial charge in [-0.15, -0.1) is 25.2 Å². The molecule has 0 saturated heterocycles. The molecule has 7 heteroatoms. The van der Waals surface area contributed by atoms with Crippen LogP contribution in [0.15, 0.2) is 18.5 Å². The van der Waals surface area contributed by atoms with E-state index in [1.807, 2.05) is 6.07 Å². The van der Waals surface area contributed by atoms with Crippen LogP contribution in [0.25, 0.3) is 5.82 Å². The van der Waals surface area contributed by atoms with Crippen molar-refractivity contribution in [2.45, 2.75) is 0 Å². The van der Waals surface area contributed by atoms with Gasteiger partial charge in [0.15, 0.2) is 17.8 Å². The number of nitrogens with zero attached hydrogens (tertiary/aromatic N) is 7. The molecule has 0 radical (unpaired) electrons. The second-order valence-electron chi connectivity index (χ2n) is 2.11. The van der Waals surface area contributed by atoms with Crippen molar-refractivity contribution in [1.82, 2.24) is 30.4 Å². The van der Waals surface area contributed by atoms with E-state index in [4.69, 9.17) is 5.26 Å². The van der Waals surface area contributed by atoms with Crippen LogP contribution in [0.3, 0.4) is 0 Å². The second kappa shape index (κ2) is 2.94. The number of hydrogen-bond donors (Lipinski definition) is 0. The van der Waals surface area contributed by atoms with E-state index < -0.39 is 0 Å². The van der Waals surface area contributed by atoms with Crippen molar-refractivity contribution < 1.29 is 0 Å². The maximum Gasteiger partial charge on any atom is 0.198 e. The molecular weight excluding hydrogens is 170 g/mol. The summed E-state index contributed by atoms with van der Waals surface area (Å²) in [6.07, 6.45) is 1.29. The van der Waals surface area contributed by atoms with E-state index in [2.05, 4.69) is 25.6 Å². The lowest BCUT2D eigenvalue weighted by molar-refractivity contribution is 0.686. The summed E-state index contributed by atoms with van der Waals surface area (Å²) in [5.41, 5.74) is 0.254. The molecule has 0 unspecified atom stereocenters. The zero-order chi connectivity index (χ0) is 9.10. The number of tetrazole rings is 1. The summed E-state index contributed by atoms with van der Waals surface area (Å²) in [5.74, 6) is 0.427. The highest BCUT2D eigenvalue weighted by atomic mass is 15.6. The van der Waals surface area contributed by atoms with Crippen LogP contribution in [0.5, 0.6) is 0 Å². The average molecular weight is 173 g/mol. The number of nitriles is 1. The predicted molar refractivity (Wildman–Crippen MR) is 39.5 cm³/mol. The molecule has 0 aliphatic rings. The number of aromatic nitrogens is 6. The molecule has 0 amide bonds. The predicted octanol–water partition coefficient (Wildman–Crippen LogP) is -0.676. The largest absolute Gasteiger partial charge is 0.198 e. The molecule has 0 bridgehead atoms. The highest BCUT2D eigenvalue weighted by molar-refractivity contribution is 5.24. The first-order valence-electron chi connectivity index (χ1n) is 3.37. The maximum absolute atomic E-state index is 8.46. The SMILES string of the molecule is N#Cc1ccc(-n2ncnn2)nn1. The average Bonchev–Trinajstić information content (AvgIpc) is 2.71. The minimum Gasteiger partial charge on any atom is -0.191 e. The lowest BCUT2D eigenvalue weighted by Gasteiger charge is -1.93. The molecule has 62 valence electrons. The Morgan fingerprint density at radius 1 is 1.31 bits per heavy atom. The van der Waals surface area contributed by atoms with Crippen molar-refractivity contribution >= 4 is 0 Å². The molecule has 0 atom stereocenters. The Bertz CT molecular complexity index is 423. The van der Waals surface area contributed by atoms with E-state index in [9.17, 15) is 0 Å². The topological polar surface area (TPSA) is 93.2 Å². The van der Waals surface area contributed by atoms with E-state index in [-0.39, 0.29) is 5.69 Å². The second-order valence-corrected chi connectivity index (χ2v) is 2.11. The third-order valence-electron chi connectivity index (χ3n) is 1.32. The minimum atomic E-state index is 0.254. The number of hydrogen-bond acceptors (Lipinski definition) is 6. The molecule has 2 heterocycles. The van der Waals surface area contributed by atoms with E-state index >= 15 is 0 Å². The standard InChI is InChI=1S/C6H3N7/c7-3-5-1-2-6(11-10-5)13-9-4-8-12-13/h1-2,4H. The quantitative estimate of drug-likeness (QED) is 0.567. The Hall–Kier alpha value is -2.36. The minimum absolute atomic E-state index is 0.254. The Labute approximate surface area is 72.6 Å². The monoisotopic (exact) mass is 173 g/mol. The molecule has 2 rings (SSSR count). The lowest BCUT2D eigenvalue weighted by atomic mass is 10.4. The molecule has 13 heavy (non-hydrogen) atoms. The summed E-state index contributed by atoms with van der Waals surface area (Å²) in [6, 6.07) is 4.98. The van der Waals surface area contributed by atoms with Crippen molar-refractivity contribution in [3.8, 4) is 11.9 Å². The van der Waals surface area contributed by atoms with Gasteiger partial charge in [-0.25, -0.2) is 0 Å². The fourth-order valence-corrected chi connectivity index (χ4v) is 0.764. The molecule has 0 N–H and O–H groups in total. The van der Waals surface area contributed by atoms with Crippen LogP contribution in [0.1, 0.15) is 5.69 Å². The van der Waals surface area contributed by atoms with Crippen molar-refractivity contribution in [2.24, 2.45) is 0 Å². The van der Waals surface area contributed by atoms with E-state index in [0.717, 1.165) is 0 Å². The van der Waals surface area contributed by atoms with E-state index in [1.54, 1.807) is 6.07 Å². The first-order valence-corrected chi connectivity index (χ1v) is 3.37. The smallest absolute Gasteiger partial charge is 0.191 e. The van der Waals surface area contributed by atoms with Gasteiger partial charge in [-0.05, 0) is 17.3 Å². The molecule has 0 fully saturated rings. The van der Waals surface area contributed by atoms with Crippen LogP contribution in [-0.4, -0.2) is 30.4 Å². The first kappa shape index (κ1) is 7.30. The van der Waals surface area contributed by atoms with Crippen LogP contribution in [0.4, 0.5) is 0 Å². The van der Waals surface area contributed by atoms with Crippen LogP contribution in [0.2, 0.25) is 0 Å². The Kier molecular flexibility index (Phi) is 1.65. The summed E-state index contributed by atoms with van der Waals surface area (Å²) in [5, 5.41) is 26.7. The molecule has 0 aromatic carbocycles. The van der Waals surface area contributed by atoms with Crippen LogP contribution in [-0.2, 0) is 0 Å². The van der Waals surface area contributed by atoms with Gasteiger partial charge < -0.3 is 0 Å². The Morgan fingerprint density at radius 3 is 2.77 bits per heavy atom. The van der Waals surface area contributed by atoms with E-state index in [0.29, 0.717) is 5.82 Å². The molecule has 2 aromatic heterocycles. The van der Waals surface area contributed by atoms with Crippen molar-refractivity contribution in [3.05, 3.63) is 24.2 Å². The zero-order valence-corrected chi connectivity index (χ0v) is 6.36. The van der Waals surface area contributed by atoms with Crippen molar-refractivity contribution in [1.29, 1.82) is 5.26 Å². The van der Waals surface area contributed by atoms with Gasteiger partial charge in [-0.1, -0.05) is 0 Å².